The van der Waals surface area contributed by atoms with Gasteiger partial charge in [-0.25, -0.2) is 14.1 Å². The van der Waals surface area contributed by atoms with Gasteiger partial charge in [0, 0.05) is 11.4 Å². The highest BCUT2D eigenvalue weighted by Gasteiger charge is 2.54. The van der Waals surface area contributed by atoms with Gasteiger partial charge in [0.15, 0.2) is 23.2 Å². The molecule has 3 heterocycles. The van der Waals surface area contributed by atoms with Gasteiger partial charge in [0.2, 0.25) is 5.43 Å². The Morgan fingerprint density at radius 1 is 1.33 bits per heavy atom. The molecule has 18 nitrogen and oxygen atoms in total. The number of β-lactam (4-membered cyclic amide) rings is 1. The molecule has 0 aromatic carbocycles. The van der Waals surface area contributed by atoms with E-state index in [-0.39, 0.29) is 20.8 Å². The summed E-state index contributed by atoms with van der Waals surface area (Å²) in [6.45, 7) is -1.36. The van der Waals surface area contributed by atoms with E-state index in [1.54, 1.807) is 0 Å². The standard InChI is InChI=1S/C16H17N7O11S2/c17-15-19-7(5-35-15)11(21-34-3-6-1-9(24)10(25)2-22(6)29)13(26)20-12-8(4-33-16(18)28)23(14(12)27)36(30,31)32/h1-2,5,8,12,25,29H,3-4H2,(H2,17,19)(H2,18,28)(H,20,26)(H,30,31,32). The van der Waals surface area contributed by atoms with Crippen molar-refractivity contribution < 1.29 is 47.2 Å². The molecule has 2 aromatic rings. The van der Waals surface area contributed by atoms with E-state index in [9.17, 15) is 42.5 Å². The Kier molecular flexibility index (Phi) is 7.31. The number of nitrogens with two attached hydrogens (primary N) is 2. The maximum absolute atomic E-state index is 12.9. The van der Waals surface area contributed by atoms with Gasteiger partial charge in [0.05, 0.1) is 6.20 Å². The minimum atomic E-state index is -5.06. The maximum atomic E-state index is 12.9. The molecule has 36 heavy (non-hydrogen) atoms. The highest BCUT2D eigenvalue weighted by Crippen LogP contribution is 2.24. The Morgan fingerprint density at radius 3 is 2.61 bits per heavy atom. The number of thiazole rings is 1. The number of hydrogen-bond donors (Lipinski definition) is 6. The third-order valence-corrected chi connectivity index (χ3v) is 6.16. The predicted molar refractivity (Wildman–Crippen MR) is 117 cm³/mol. The molecule has 1 fully saturated rings. The zero-order valence-corrected chi connectivity index (χ0v) is 19.3. The summed E-state index contributed by atoms with van der Waals surface area (Å²) >= 11 is 0.919. The number of pyridine rings is 1. The number of aromatic nitrogens is 2. The van der Waals surface area contributed by atoms with Crippen molar-refractivity contribution in [1.82, 2.24) is 19.3 Å². The lowest BCUT2D eigenvalue weighted by Crippen LogP contribution is -2.73. The molecule has 8 N–H and O–H groups in total. The number of nitrogens with zero attached hydrogens (tertiary/aromatic N) is 4. The van der Waals surface area contributed by atoms with Crippen molar-refractivity contribution >= 4 is 50.4 Å². The molecule has 194 valence electrons. The molecule has 0 aliphatic carbocycles. The van der Waals surface area contributed by atoms with Crippen molar-refractivity contribution in [3.8, 4) is 5.75 Å². The van der Waals surface area contributed by atoms with Crippen molar-refractivity contribution in [1.29, 1.82) is 0 Å². The van der Waals surface area contributed by atoms with Crippen molar-refractivity contribution in [3.05, 3.63) is 39.3 Å². The van der Waals surface area contributed by atoms with Crippen LogP contribution in [-0.4, -0.2) is 79.6 Å². The van der Waals surface area contributed by atoms with Crippen LogP contribution in [0.3, 0.4) is 0 Å². The number of anilines is 1. The van der Waals surface area contributed by atoms with E-state index >= 15 is 0 Å². The second-order valence-corrected chi connectivity index (χ2v) is 9.08. The van der Waals surface area contributed by atoms with Crippen molar-refractivity contribution in [2.45, 2.75) is 18.7 Å². The Bertz CT molecular complexity index is 1400. The van der Waals surface area contributed by atoms with Crippen LogP contribution in [0, 0.1) is 0 Å². The van der Waals surface area contributed by atoms with Crippen LogP contribution in [0.15, 0.2) is 27.6 Å². The van der Waals surface area contributed by atoms with E-state index in [1.807, 2.05) is 0 Å². The number of carbonyl (C=O) groups is 3. The lowest BCUT2D eigenvalue weighted by molar-refractivity contribution is -0.146. The highest BCUT2D eigenvalue weighted by molar-refractivity contribution is 7.84. The van der Waals surface area contributed by atoms with Crippen molar-refractivity contribution in [3.63, 3.8) is 0 Å². The minimum absolute atomic E-state index is 0.0135. The molecule has 1 aliphatic heterocycles. The molecule has 1 saturated heterocycles. The number of carbonyl (C=O) groups excluding carboxylic acids is 3. The summed E-state index contributed by atoms with van der Waals surface area (Å²) in [4.78, 5) is 56.5. The first-order chi connectivity index (χ1) is 16.8. The molecular weight excluding hydrogens is 530 g/mol. The highest BCUT2D eigenvalue weighted by atomic mass is 32.2. The zero-order chi connectivity index (χ0) is 26.8. The van der Waals surface area contributed by atoms with E-state index in [0.717, 1.165) is 17.4 Å². The van der Waals surface area contributed by atoms with E-state index in [1.165, 1.54) is 5.38 Å². The molecular formula is C16H17N7O11S2. The normalized spacial score (nSPS) is 17.9. The first-order valence-corrected chi connectivity index (χ1v) is 11.7. The lowest BCUT2D eigenvalue weighted by Gasteiger charge is -2.43. The molecule has 2 unspecified atom stereocenters. The Balaban J connectivity index is 1.83. The fourth-order valence-electron chi connectivity index (χ4n) is 2.93. The average molecular weight is 547 g/mol. The number of aromatic hydroxyl groups is 1. The Hall–Kier alpha value is -4.43. The molecule has 0 spiro atoms. The molecule has 2 atom stereocenters. The molecule has 0 saturated carbocycles. The summed E-state index contributed by atoms with van der Waals surface area (Å²) in [5.74, 6) is -3.11. The van der Waals surface area contributed by atoms with Crippen LogP contribution in [0.25, 0.3) is 0 Å². The largest absolute Gasteiger partial charge is 0.503 e. The van der Waals surface area contributed by atoms with E-state index in [0.29, 0.717) is 10.9 Å². The van der Waals surface area contributed by atoms with E-state index in [4.69, 9.17) is 16.3 Å². The summed E-state index contributed by atoms with van der Waals surface area (Å²) in [6.07, 6.45) is -0.600. The quantitative estimate of drug-likeness (QED) is 0.0615. The Morgan fingerprint density at radius 2 is 2.03 bits per heavy atom. The van der Waals surface area contributed by atoms with Gasteiger partial charge in [0.25, 0.3) is 11.8 Å². The van der Waals surface area contributed by atoms with Gasteiger partial charge in [-0.15, -0.1) is 11.3 Å². The summed E-state index contributed by atoms with van der Waals surface area (Å²) < 4.78 is 37.0. The molecule has 1 aliphatic rings. The monoisotopic (exact) mass is 547 g/mol. The van der Waals surface area contributed by atoms with Crippen LogP contribution >= 0.6 is 11.3 Å². The first-order valence-electron chi connectivity index (χ1n) is 9.38. The number of hydrogen-bond acceptors (Lipinski definition) is 14. The number of nitrogen functional groups attached to an aromatic ring is 1. The molecule has 3 amide bonds. The number of primary amides is 1. The third kappa shape index (κ3) is 5.61. The predicted octanol–water partition coefficient (Wildman–Crippen LogP) is -2.66. The smallest absolute Gasteiger partial charge is 0.404 e. The fourth-order valence-corrected chi connectivity index (χ4v) is 4.34. The molecule has 0 bridgehead atoms. The molecule has 0 radical (unpaired) electrons. The van der Waals surface area contributed by atoms with Crippen molar-refractivity contribution in [2.24, 2.45) is 10.9 Å². The summed E-state index contributed by atoms with van der Waals surface area (Å²) in [7, 11) is -5.06. The SMILES string of the molecule is NC(=O)OCC1C(NC(=O)C(=NOCc2cc(=O)c(O)cn2O)c2csc(N)n2)C(=O)N1S(=O)(=O)O. The molecule has 20 heteroatoms. The Labute approximate surface area is 204 Å². The second-order valence-electron chi connectivity index (χ2n) is 6.90. The lowest BCUT2D eigenvalue weighted by atomic mass is 9.99. The van der Waals surface area contributed by atoms with Crippen LogP contribution in [0.1, 0.15) is 11.4 Å². The van der Waals surface area contributed by atoms with Crippen molar-refractivity contribution in [2.75, 3.05) is 12.3 Å². The second kappa shape index (κ2) is 10.1. The molecule has 3 rings (SSSR count). The molecule has 2 aromatic heterocycles. The summed E-state index contributed by atoms with van der Waals surface area (Å²) in [5.41, 5.74) is 8.74. The summed E-state index contributed by atoms with van der Waals surface area (Å²) in [6, 6.07) is -2.29. The van der Waals surface area contributed by atoms with Gasteiger partial charge in [-0.3, -0.25) is 18.9 Å². The summed E-state index contributed by atoms with van der Waals surface area (Å²) in [5, 5.41) is 26.1. The van der Waals surface area contributed by atoms with Gasteiger partial charge < -0.3 is 36.7 Å². The van der Waals surface area contributed by atoms with Crippen LogP contribution in [-0.2, 0) is 36.1 Å². The minimum Gasteiger partial charge on any atom is -0.503 e. The zero-order valence-electron chi connectivity index (χ0n) is 17.7. The topological polar surface area (TPSA) is 279 Å². The maximum Gasteiger partial charge on any atom is 0.404 e. The van der Waals surface area contributed by atoms with Gasteiger partial charge in [-0.05, 0) is 0 Å². The van der Waals surface area contributed by atoms with Crippen LogP contribution < -0.4 is 22.2 Å². The number of rotatable bonds is 9. The van der Waals surface area contributed by atoms with E-state index < -0.39 is 70.4 Å². The number of ether oxygens (including phenoxy) is 1. The van der Waals surface area contributed by atoms with Crippen LogP contribution in [0.2, 0.25) is 0 Å². The number of amides is 3. The average Bonchev–Trinajstić information content (AvgIpc) is 3.20. The van der Waals surface area contributed by atoms with Gasteiger partial charge in [0.1, 0.15) is 30.1 Å². The van der Waals surface area contributed by atoms with Gasteiger partial charge in [-0.2, -0.15) is 13.1 Å². The van der Waals surface area contributed by atoms with Crippen LogP contribution in [0.4, 0.5) is 9.93 Å². The van der Waals surface area contributed by atoms with Gasteiger partial charge >= 0.3 is 16.4 Å². The number of nitrogens with one attached hydrogen (secondary N) is 1. The third-order valence-electron chi connectivity index (χ3n) is 4.54. The first kappa shape index (κ1) is 26.2. The van der Waals surface area contributed by atoms with Crippen LogP contribution in [0.5, 0.6) is 5.75 Å². The fraction of sp³-hybridized carbons (Fsp3) is 0.250. The number of oxime groups is 1. The van der Waals surface area contributed by atoms with E-state index in [2.05, 4.69) is 20.2 Å². The van der Waals surface area contributed by atoms with Gasteiger partial charge in [-0.1, -0.05) is 5.16 Å².